The third kappa shape index (κ3) is 3.54. The van der Waals surface area contributed by atoms with Crippen LogP contribution in [0.3, 0.4) is 0 Å². The van der Waals surface area contributed by atoms with E-state index in [1.807, 2.05) is 0 Å². The van der Waals surface area contributed by atoms with E-state index >= 15 is 0 Å². The highest BCUT2D eigenvalue weighted by molar-refractivity contribution is 5.87. The second-order valence-electron chi connectivity index (χ2n) is 4.38. The molecule has 1 heterocycles. The fourth-order valence-electron chi connectivity index (χ4n) is 1.94. The Morgan fingerprint density at radius 2 is 2.18 bits per heavy atom. The number of aromatic carboxylic acids is 1. The summed E-state index contributed by atoms with van der Waals surface area (Å²) < 4.78 is 5.62. The quantitative estimate of drug-likeness (QED) is 0.812. The number of nitrogens with one attached hydrogen (secondary N) is 1. The van der Waals surface area contributed by atoms with Crippen molar-refractivity contribution in [1.82, 2.24) is 5.32 Å². The maximum absolute atomic E-state index is 10.7. The van der Waals surface area contributed by atoms with Gasteiger partial charge in [0, 0.05) is 6.54 Å². The zero-order valence-electron chi connectivity index (χ0n) is 9.69. The van der Waals surface area contributed by atoms with E-state index in [2.05, 4.69) is 5.32 Å². The van der Waals surface area contributed by atoms with E-state index in [0.717, 1.165) is 25.3 Å². The van der Waals surface area contributed by atoms with Crippen LogP contribution in [0.15, 0.2) is 24.3 Å². The van der Waals surface area contributed by atoms with Crippen LogP contribution in [-0.2, 0) is 11.3 Å². The van der Waals surface area contributed by atoms with Gasteiger partial charge < -0.3 is 15.2 Å². The molecule has 1 aromatic rings. The van der Waals surface area contributed by atoms with Crippen molar-refractivity contribution in [2.75, 3.05) is 19.7 Å². The lowest BCUT2D eigenvalue weighted by Gasteiger charge is -2.09. The molecule has 0 aromatic heterocycles. The first kappa shape index (κ1) is 12.1. The highest BCUT2D eigenvalue weighted by atomic mass is 16.5. The second kappa shape index (κ2) is 5.80. The van der Waals surface area contributed by atoms with Gasteiger partial charge in [-0.3, -0.25) is 0 Å². The number of carboxylic acid groups (broad SMARTS) is 1. The molecule has 0 amide bonds. The second-order valence-corrected chi connectivity index (χ2v) is 4.38. The van der Waals surface area contributed by atoms with E-state index in [0.29, 0.717) is 18.1 Å². The van der Waals surface area contributed by atoms with Gasteiger partial charge in [0.1, 0.15) is 0 Å². The topological polar surface area (TPSA) is 58.6 Å². The van der Waals surface area contributed by atoms with Gasteiger partial charge in [-0.15, -0.1) is 0 Å². The molecule has 0 aliphatic carbocycles. The van der Waals surface area contributed by atoms with Gasteiger partial charge in [0.2, 0.25) is 0 Å². The molecule has 4 nitrogen and oxygen atoms in total. The molecule has 0 spiro atoms. The molecule has 1 aliphatic heterocycles. The Morgan fingerprint density at radius 3 is 2.76 bits per heavy atom. The Bertz CT molecular complexity index is 369. The van der Waals surface area contributed by atoms with Crippen LogP contribution in [-0.4, -0.2) is 30.8 Å². The first-order valence-corrected chi connectivity index (χ1v) is 5.86. The number of rotatable bonds is 5. The number of hydrogen-bond donors (Lipinski definition) is 2. The minimum Gasteiger partial charge on any atom is -0.478 e. The van der Waals surface area contributed by atoms with E-state index in [1.165, 1.54) is 6.42 Å². The van der Waals surface area contributed by atoms with Gasteiger partial charge in [-0.2, -0.15) is 0 Å². The summed E-state index contributed by atoms with van der Waals surface area (Å²) >= 11 is 0. The molecule has 1 atom stereocenters. The summed E-state index contributed by atoms with van der Waals surface area (Å²) in [6, 6.07) is 6.82. The molecule has 17 heavy (non-hydrogen) atoms. The normalized spacial score (nSPS) is 19.4. The largest absolute Gasteiger partial charge is 0.478 e. The van der Waals surface area contributed by atoms with Crippen LogP contribution < -0.4 is 5.32 Å². The van der Waals surface area contributed by atoms with Crippen molar-refractivity contribution >= 4 is 5.97 Å². The summed E-state index contributed by atoms with van der Waals surface area (Å²) in [6.45, 7) is 3.45. The zero-order valence-corrected chi connectivity index (χ0v) is 9.69. The third-order valence-electron chi connectivity index (χ3n) is 2.99. The number of ether oxygens (including phenoxy) is 1. The Kier molecular flexibility index (Phi) is 4.12. The molecular weight excluding hydrogens is 218 g/mol. The van der Waals surface area contributed by atoms with E-state index < -0.39 is 5.97 Å². The van der Waals surface area contributed by atoms with E-state index in [4.69, 9.17) is 9.84 Å². The maximum Gasteiger partial charge on any atom is 0.335 e. The van der Waals surface area contributed by atoms with Gasteiger partial charge >= 0.3 is 5.97 Å². The molecule has 1 fully saturated rings. The number of carboxylic acids is 1. The van der Waals surface area contributed by atoms with E-state index in [-0.39, 0.29) is 0 Å². The summed E-state index contributed by atoms with van der Waals surface area (Å²) in [4.78, 5) is 10.7. The predicted molar refractivity (Wildman–Crippen MR) is 64.0 cm³/mol. The molecule has 0 radical (unpaired) electrons. The number of benzene rings is 1. The van der Waals surface area contributed by atoms with Gasteiger partial charge in [0.25, 0.3) is 0 Å². The molecule has 1 saturated heterocycles. The van der Waals surface area contributed by atoms with Gasteiger partial charge in [0.05, 0.1) is 18.8 Å². The first-order chi connectivity index (χ1) is 8.25. The minimum absolute atomic E-state index is 0.314. The molecule has 92 valence electrons. The molecule has 1 aliphatic rings. The van der Waals surface area contributed by atoms with Crippen molar-refractivity contribution in [2.24, 2.45) is 5.92 Å². The van der Waals surface area contributed by atoms with Crippen molar-refractivity contribution in [2.45, 2.75) is 13.0 Å². The molecular formula is C13H17NO3. The van der Waals surface area contributed by atoms with Crippen molar-refractivity contribution in [3.05, 3.63) is 35.4 Å². The monoisotopic (exact) mass is 235 g/mol. The lowest BCUT2D eigenvalue weighted by molar-refractivity contribution is 0.0696. The van der Waals surface area contributed by atoms with E-state index in [1.54, 1.807) is 24.3 Å². The predicted octanol–water partition coefficient (Wildman–Crippen LogP) is 1.51. The smallest absolute Gasteiger partial charge is 0.335 e. The molecule has 4 heteroatoms. The highest BCUT2D eigenvalue weighted by Gasteiger charge is 2.14. The molecule has 2 N–H and O–H groups in total. The van der Waals surface area contributed by atoms with Gasteiger partial charge in [-0.25, -0.2) is 4.79 Å². The van der Waals surface area contributed by atoms with Crippen molar-refractivity contribution in [1.29, 1.82) is 0 Å². The lowest BCUT2D eigenvalue weighted by atomic mass is 10.1. The van der Waals surface area contributed by atoms with Crippen LogP contribution in [0.1, 0.15) is 22.3 Å². The molecule has 1 aromatic carbocycles. The van der Waals surface area contributed by atoms with Crippen LogP contribution in [0.5, 0.6) is 0 Å². The molecule has 1 unspecified atom stereocenters. The fraction of sp³-hybridized carbons (Fsp3) is 0.462. The molecule has 0 bridgehead atoms. The summed E-state index contributed by atoms with van der Waals surface area (Å²) in [5.41, 5.74) is 1.33. The summed E-state index contributed by atoms with van der Waals surface area (Å²) in [5.74, 6) is -0.275. The Hall–Kier alpha value is -1.39. The maximum atomic E-state index is 10.7. The SMILES string of the molecule is O=C(O)c1ccc(COCC2CCNC2)cc1. The summed E-state index contributed by atoms with van der Waals surface area (Å²) in [5, 5.41) is 12.1. The van der Waals surface area contributed by atoms with Crippen LogP contribution in [0.25, 0.3) is 0 Å². The van der Waals surface area contributed by atoms with Crippen LogP contribution in [0, 0.1) is 5.92 Å². The summed E-state index contributed by atoms with van der Waals surface area (Å²) in [7, 11) is 0. The van der Waals surface area contributed by atoms with Crippen molar-refractivity contribution in [3.8, 4) is 0 Å². The molecule has 0 saturated carbocycles. The number of carbonyl (C=O) groups is 1. The highest BCUT2D eigenvalue weighted by Crippen LogP contribution is 2.10. The van der Waals surface area contributed by atoms with Crippen LogP contribution in [0.4, 0.5) is 0 Å². The average Bonchev–Trinajstić information content (AvgIpc) is 2.83. The van der Waals surface area contributed by atoms with Gasteiger partial charge in [-0.05, 0) is 36.6 Å². The van der Waals surface area contributed by atoms with Gasteiger partial charge in [-0.1, -0.05) is 12.1 Å². The third-order valence-corrected chi connectivity index (χ3v) is 2.99. The average molecular weight is 235 g/mol. The molecule has 2 rings (SSSR count). The number of hydrogen-bond acceptors (Lipinski definition) is 3. The lowest BCUT2D eigenvalue weighted by Crippen LogP contribution is -2.13. The minimum atomic E-state index is -0.894. The zero-order chi connectivity index (χ0) is 12.1. The Balaban J connectivity index is 1.76. The Morgan fingerprint density at radius 1 is 1.41 bits per heavy atom. The first-order valence-electron chi connectivity index (χ1n) is 5.86. The van der Waals surface area contributed by atoms with Crippen molar-refractivity contribution < 1.29 is 14.6 Å². The Labute approximate surface area is 101 Å². The van der Waals surface area contributed by atoms with Crippen molar-refractivity contribution in [3.63, 3.8) is 0 Å². The van der Waals surface area contributed by atoms with Gasteiger partial charge in [0.15, 0.2) is 0 Å². The fourth-order valence-corrected chi connectivity index (χ4v) is 1.94. The van der Waals surface area contributed by atoms with E-state index in [9.17, 15) is 4.79 Å². The summed E-state index contributed by atoms with van der Waals surface area (Å²) in [6.07, 6.45) is 1.18. The standard InChI is InChI=1S/C13H17NO3/c15-13(16)12-3-1-10(2-4-12)8-17-9-11-5-6-14-7-11/h1-4,11,14H,5-9H2,(H,15,16). The van der Waals surface area contributed by atoms with Crippen LogP contribution >= 0.6 is 0 Å². The van der Waals surface area contributed by atoms with Crippen LogP contribution in [0.2, 0.25) is 0 Å².